The Morgan fingerprint density at radius 3 is 1.61 bits per heavy atom. The standard InChI is InChI=1S/C29H38O5.C23H32O5.C6H5.2CH4.Li/c1-25-12-13-27(31-14-15-32-27)18-21(25)8-9-22-23-10-11-29(33-16-17-34-29)26(23,2)28(30,19-24(22)25)20-6-4-3-5-7-20;1-20-7-8-22(25-9-10-26-22)13-15(20)3-4-16-17-5-6-23(27-11-12-28-23)21(17,2)14-18(24)19(16)20;1-2-4-6-5-3-1;;;/h3-8,22-24,30H,9-19H2,1-2H3;3,16-17,19H,4-14H2,1-2H3;1-5H;2*1H4;/q;;-1;;;+1/t22-,23-,24-,25-,26+,28-;16-,17-,19+,20-,21-;;;;/m00..../s1. The first-order chi connectivity index (χ1) is 32.8. The fraction of sp³-hybridized carbons (Fsp3) is 0.717. The van der Waals surface area contributed by atoms with Gasteiger partial charge in [0, 0.05) is 56.3 Å². The molecule has 1 N–H and O–H groups in total. The van der Waals surface area contributed by atoms with Crippen molar-refractivity contribution in [3.05, 3.63) is 95.6 Å². The van der Waals surface area contributed by atoms with Crippen molar-refractivity contribution >= 4 is 5.78 Å². The number of fused-ring (bicyclic) bond motifs is 12. The fourth-order valence-corrected chi connectivity index (χ4v) is 17.8. The van der Waals surface area contributed by atoms with E-state index in [1.165, 1.54) is 11.1 Å². The van der Waals surface area contributed by atoms with Gasteiger partial charge >= 0.3 is 18.9 Å². The van der Waals surface area contributed by atoms with Gasteiger partial charge < -0.3 is 43.0 Å². The zero-order valence-corrected chi connectivity index (χ0v) is 42.1. The third kappa shape index (κ3) is 7.90. The summed E-state index contributed by atoms with van der Waals surface area (Å²) in [6, 6.07) is 22.9. The van der Waals surface area contributed by atoms with Gasteiger partial charge in [-0.25, -0.2) is 0 Å². The molecule has 4 saturated heterocycles. The Labute approximate surface area is 437 Å². The number of benzene rings is 2. The minimum absolute atomic E-state index is 0. The number of aliphatic hydroxyl groups is 1. The van der Waals surface area contributed by atoms with Crippen LogP contribution in [0.3, 0.4) is 0 Å². The maximum atomic E-state index is 13.7. The van der Waals surface area contributed by atoms with E-state index >= 15 is 0 Å². The molecule has 0 aromatic heterocycles. The molecule has 0 amide bonds. The molecule has 11 atom stereocenters. The second-order valence-electron chi connectivity index (χ2n) is 23.7. The molecule has 71 heavy (non-hydrogen) atoms. The van der Waals surface area contributed by atoms with Crippen LogP contribution in [-0.2, 0) is 48.3 Å². The van der Waals surface area contributed by atoms with Crippen LogP contribution < -0.4 is 18.9 Å². The maximum Gasteiger partial charge on any atom is 1.00 e. The average molecular weight is 971 g/mol. The number of ketones is 1. The van der Waals surface area contributed by atoms with Gasteiger partial charge in [-0.15, -0.1) is 0 Å². The van der Waals surface area contributed by atoms with E-state index in [4.69, 9.17) is 37.9 Å². The molecule has 11 heteroatoms. The number of carbonyl (C=O) groups is 1. The summed E-state index contributed by atoms with van der Waals surface area (Å²) in [5, 5.41) is 12.9. The molecular weight excluding hydrogens is 888 g/mol. The van der Waals surface area contributed by atoms with E-state index in [0.717, 1.165) is 89.0 Å². The second kappa shape index (κ2) is 19.4. The Hall–Kier alpha value is -2.17. The molecule has 384 valence electrons. The van der Waals surface area contributed by atoms with Gasteiger partial charge in [0.1, 0.15) is 11.4 Å². The SMILES string of the molecule is C.C.C[C@]12CCC3(CC1=CC[C@@H]1[C@@H]2C(=O)C[C@@]2(C)[C@H]1CCC21OCCO1)OCCO3.C[C@]12CCC3(CC1=CC[C@@H]1[C@@H]2C[C@](O)(c2ccccc2)[C@@]2(C)[C@H]1CCC21OCCO1)OCCO3.[Li+].[c-]1ccccc1. The van der Waals surface area contributed by atoms with Crippen LogP contribution in [0.2, 0.25) is 0 Å². The molecule has 4 heterocycles. The summed E-state index contributed by atoms with van der Waals surface area (Å²) in [6.45, 7) is 14.7. The molecule has 14 rings (SSSR count). The number of rotatable bonds is 1. The number of Topliss-reactive ketones (excluding diaryl/α,β-unsaturated/α-hetero) is 1. The van der Waals surface area contributed by atoms with Crippen LogP contribution in [0.4, 0.5) is 0 Å². The molecule has 10 nitrogen and oxygen atoms in total. The Kier molecular flexibility index (Phi) is 14.7. The Bertz CT molecular complexity index is 2240. The summed E-state index contributed by atoms with van der Waals surface area (Å²) >= 11 is 0. The van der Waals surface area contributed by atoms with Crippen molar-refractivity contribution in [3.8, 4) is 0 Å². The van der Waals surface area contributed by atoms with Crippen molar-refractivity contribution in [1.82, 2.24) is 0 Å². The molecule has 8 aliphatic carbocycles. The van der Waals surface area contributed by atoms with Gasteiger partial charge in [0.2, 0.25) is 0 Å². The molecule has 4 spiro atoms. The largest absolute Gasteiger partial charge is 1.00 e. The predicted octanol–water partition coefficient (Wildman–Crippen LogP) is 8.31. The van der Waals surface area contributed by atoms with Gasteiger partial charge in [-0.05, 0) is 90.9 Å². The molecular formula is C60H83LiO10. The van der Waals surface area contributed by atoms with E-state index in [9.17, 15) is 9.90 Å². The van der Waals surface area contributed by atoms with Crippen LogP contribution in [0, 0.1) is 63.2 Å². The molecule has 0 bridgehead atoms. The van der Waals surface area contributed by atoms with Crippen LogP contribution >= 0.6 is 0 Å². The minimum atomic E-state index is -1.01. The van der Waals surface area contributed by atoms with Crippen molar-refractivity contribution in [2.45, 2.75) is 161 Å². The normalized spacial score (nSPS) is 41.9. The predicted molar refractivity (Wildman–Crippen MR) is 267 cm³/mol. The summed E-state index contributed by atoms with van der Waals surface area (Å²) in [5.74, 6) is 0.685. The molecule has 6 saturated carbocycles. The quantitative estimate of drug-likeness (QED) is 0.170. The van der Waals surface area contributed by atoms with E-state index in [0.29, 0.717) is 94.6 Å². The molecule has 4 aliphatic heterocycles. The van der Waals surface area contributed by atoms with Crippen LogP contribution in [0.25, 0.3) is 0 Å². The van der Waals surface area contributed by atoms with E-state index in [1.807, 2.05) is 36.4 Å². The number of hydrogen-bond donors (Lipinski definition) is 1. The summed E-state index contributed by atoms with van der Waals surface area (Å²) in [7, 11) is 0. The summed E-state index contributed by atoms with van der Waals surface area (Å²) in [5.41, 5.74) is 2.22. The average Bonchev–Trinajstić information content (AvgIpc) is 4.24. The molecule has 10 fully saturated rings. The van der Waals surface area contributed by atoms with E-state index < -0.39 is 34.2 Å². The van der Waals surface area contributed by atoms with Crippen LogP contribution in [0.15, 0.2) is 84.0 Å². The second-order valence-corrected chi connectivity index (χ2v) is 23.7. The zero-order chi connectivity index (χ0) is 46.7. The van der Waals surface area contributed by atoms with E-state index in [1.54, 1.807) is 0 Å². The minimum Gasteiger partial charge on any atom is -0.384 e. The van der Waals surface area contributed by atoms with Gasteiger partial charge in [0.15, 0.2) is 23.1 Å². The van der Waals surface area contributed by atoms with Crippen molar-refractivity contribution in [1.29, 1.82) is 0 Å². The smallest absolute Gasteiger partial charge is 0.384 e. The fourth-order valence-electron chi connectivity index (χ4n) is 17.8. The van der Waals surface area contributed by atoms with Gasteiger partial charge in [-0.2, -0.15) is 36.4 Å². The Morgan fingerprint density at radius 2 is 1.04 bits per heavy atom. The molecule has 2 aromatic rings. The van der Waals surface area contributed by atoms with Crippen LogP contribution in [-0.4, -0.2) is 86.9 Å². The third-order valence-corrected chi connectivity index (χ3v) is 21.2. The third-order valence-electron chi connectivity index (χ3n) is 21.2. The summed E-state index contributed by atoms with van der Waals surface area (Å²) < 4.78 is 49.5. The van der Waals surface area contributed by atoms with Crippen LogP contribution in [0.1, 0.15) is 138 Å². The molecule has 2 aromatic carbocycles. The monoisotopic (exact) mass is 971 g/mol. The van der Waals surface area contributed by atoms with Crippen molar-refractivity contribution in [3.63, 3.8) is 0 Å². The molecule has 0 unspecified atom stereocenters. The molecule has 12 aliphatic rings. The Balaban J connectivity index is 0.000000153. The van der Waals surface area contributed by atoms with Crippen molar-refractivity contribution in [2.75, 3.05) is 52.9 Å². The van der Waals surface area contributed by atoms with E-state index in [-0.39, 0.29) is 55.9 Å². The summed E-state index contributed by atoms with van der Waals surface area (Å²) in [6.07, 6.45) is 17.9. The van der Waals surface area contributed by atoms with Gasteiger partial charge in [0.05, 0.1) is 58.3 Å². The number of carbonyl (C=O) groups excluding carboxylic acids is 1. The number of hydrogen-bond acceptors (Lipinski definition) is 10. The summed E-state index contributed by atoms with van der Waals surface area (Å²) in [4.78, 5) is 13.7. The maximum absolute atomic E-state index is 13.7. The first kappa shape index (κ1) is 53.6. The van der Waals surface area contributed by atoms with Crippen molar-refractivity contribution < 1.29 is 66.7 Å². The Morgan fingerprint density at radius 1 is 0.549 bits per heavy atom. The van der Waals surface area contributed by atoms with Crippen molar-refractivity contribution in [2.24, 2.45) is 57.2 Å². The van der Waals surface area contributed by atoms with Gasteiger partial charge in [-0.3, -0.25) is 4.79 Å². The number of allylic oxidation sites excluding steroid dienone is 2. The van der Waals surface area contributed by atoms with Gasteiger partial charge in [0.25, 0.3) is 0 Å². The zero-order valence-electron chi connectivity index (χ0n) is 42.1. The topological polar surface area (TPSA) is 111 Å². The first-order valence-electron chi connectivity index (χ1n) is 26.5. The number of ether oxygens (including phenoxy) is 8. The van der Waals surface area contributed by atoms with Crippen LogP contribution in [0.5, 0.6) is 0 Å². The molecule has 0 radical (unpaired) electrons. The van der Waals surface area contributed by atoms with E-state index in [2.05, 4.69) is 70.2 Å². The first-order valence-corrected chi connectivity index (χ1v) is 26.5. The van der Waals surface area contributed by atoms with Gasteiger partial charge in [-0.1, -0.05) is 96.2 Å².